The van der Waals surface area contributed by atoms with Gasteiger partial charge in [0.1, 0.15) is 5.60 Å². The maximum Gasteiger partial charge on any atom is 0.238 e. The van der Waals surface area contributed by atoms with Crippen LogP contribution in [0.25, 0.3) is 11.3 Å². The summed E-state index contributed by atoms with van der Waals surface area (Å²) in [5, 5.41) is 6.11. The maximum absolute atomic E-state index is 12.6. The highest BCUT2D eigenvalue weighted by atomic mass is 32.1. The van der Waals surface area contributed by atoms with E-state index in [0.717, 1.165) is 60.9 Å². The van der Waals surface area contributed by atoms with Gasteiger partial charge in [-0.15, -0.1) is 11.3 Å². The van der Waals surface area contributed by atoms with Gasteiger partial charge in [0.25, 0.3) is 0 Å². The van der Waals surface area contributed by atoms with Crippen LogP contribution in [-0.2, 0) is 14.3 Å². The number of nitrogens with zero attached hydrogens (tertiary/aromatic N) is 2. The molecule has 0 aliphatic carbocycles. The molecule has 2 aliphatic rings. The number of piperidine rings is 1. The standard InChI is InChI=1S/C21H27N3O3S/c1-15-22-18(13-28-15)16-5-3-6-17(11-16)23-20(25)12-24-9-7-19(26-2)21(14-24)8-4-10-27-21/h3,5-6,11,13,19H,4,7-10,12,14H2,1-2H3,(H,23,25)/t19-,21-/m0/s1. The second kappa shape index (κ2) is 8.29. The lowest BCUT2D eigenvalue weighted by molar-refractivity contribution is -0.146. The fourth-order valence-corrected chi connectivity index (χ4v) is 4.97. The molecule has 1 N–H and O–H groups in total. The Labute approximate surface area is 169 Å². The van der Waals surface area contributed by atoms with E-state index in [0.29, 0.717) is 6.54 Å². The van der Waals surface area contributed by atoms with Gasteiger partial charge in [0, 0.05) is 43.4 Å². The largest absolute Gasteiger partial charge is 0.378 e. The monoisotopic (exact) mass is 401 g/mol. The number of carbonyl (C=O) groups excluding carboxylic acids is 1. The van der Waals surface area contributed by atoms with Gasteiger partial charge in [-0.3, -0.25) is 9.69 Å². The third-order valence-electron chi connectivity index (χ3n) is 5.63. The Kier molecular flexibility index (Phi) is 5.78. The number of likely N-dealkylation sites (tertiary alicyclic amines) is 1. The van der Waals surface area contributed by atoms with Crippen molar-refractivity contribution in [1.82, 2.24) is 9.88 Å². The van der Waals surface area contributed by atoms with Gasteiger partial charge < -0.3 is 14.8 Å². The first-order valence-corrected chi connectivity index (χ1v) is 10.7. The fraction of sp³-hybridized carbons (Fsp3) is 0.524. The van der Waals surface area contributed by atoms with Crippen LogP contribution in [0.15, 0.2) is 29.6 Å². The van der Waals surface area contributed by atoms with Crippen LogP contribution < -0.4 is 5.32 Å². The Balaban J connectivity index is 1.38. The molecule has 1 amide bonds. The number of aromatic nitrogens is 1. The van der Waals surface area contributed by atoms with Gasteiger partial charge in [-0.2, -0.15) is 0 Å². The highest BCUT2D eigenvalue weighted by Gasteiger charge is 2.47. The quantitative estimate of drug-likeness (QED) is 0.833. The molecule has 7 heteroatoms. The van der Waals surface area contributed by atoms with Crippen molar-refractivity contribution in [3.8, 4) is 11.3 Å². The molecular weight excluding hydrogens is 374 g/mol. The predicted molar refractivity (Wildman–Crippen MR) is 111 cm³/mol. The number of carbonyl (C=O) groups is 1. The normalized spacial score (nSPS) is 25.3. The van der Waals surface area contributed by atoms with E-state index in [2.05, 4.69) is 15.2 Å². The second-order valence-corrected chi connectivity index (χ2v) is 8.68. The molecule has 28 heavy (non-hydrogen) atoms. The van der Waals surface area contributed by atoms with E-state index in [1.54, 1.807) is 18.4 Å². The van der Waals surface area contributed by atoms with Crippen LogP contribution in [0, 0.1) is 6.92 Å². The number of hydrogen-bond donors (Lipinski definition) is 1. The zero-order chi connectivity index (χ0) is 19.6. The van der Waals surface area contributed by atoms with Gasteiger partial charge in [-0.05, 0) is 38.3 Å². The number of hydrogen-bond acceptors (Lipinski definition) is 6. The zero-order valence-corrected chi connectivity index (χ0v) is 17.3. The molecule has 1 spiro atoms. The van der Waals surface area contributed by atoms with Crippen LogP contribution in [0.4, 0.5) is 5.69 Å². The van der Waals surface area contributed by atoms with Gasteiger partial charge in [0.2, 0.25) is 5.91 Å². The van der Waals surface area contributed by atoms with Gasteiger partial charge >= 0.3 is 0 Å². The maximum atomic E-state index is 12.6. The third-order valence-corrected chi connectivity index (χ3v) is 6.41. The first kappa shape index (κ1) is 19.5. The summed E-state index contributed by atoms with van der Waals surface area (Å²) in [6.07, 6.45) is 3.07. The van der Waals surface area contributed by atoms with Gasteiger partial charge in [0.05, 0.1) is 23.4 Å². The van der Waals surface area contributed by atoms with Crippen molar-refractivity contribution in [2.75, 3.05) is 38.7 Å². The van der Waals surface area contributed by atoms with Crippen molar-refractivity contribution < 1.29 is 14.3 Å². The molecule has 3 heterocycles. The molecule has 0 bridgehead atoms. The molecule has 2 aromatic rings. The Morgan fingerprint density at radius 3 is 3.11 bits per heavy atom. The van der Waals surface area contributed by atoms with E-state index in [1.807, 2.05) is 36.6 Å². The number of aryl methyl sites for hydroxylation is 1. The Morgan fingerprint density at radius 2 is 2.39 bits per heavy atom. The SMILES string of the molecule is CO[C@H]1CCN(CC(=O)Nc2cccc(-c3csc(C)n3)c2)C[C@@]12CCCO2. The van der Waals surface area contributed by atoms with Crippen molar-refractivity contribution >= 4 is 22.9 Å². The number of thiazole rings is 1. The second-order valence-electron chi connectivity index (χ2n) is 7.62. The van der Waals surface area contributed by atoms with Crippen LogP contribution in [0.2, 0.25) is 0 Å². The number of nitrogens with one attached hydrogen (secondary N) is 1. The molecule has 2 atom stereocenters. The molecular formula is C21H27N3O3S. The van der Waals surface area contributed by atoms with Gasteiger partial charge in [-0.1, -0.05) is 12.1 Å². The molecule has 2 aliphatic heterocycles. The van der Waals surface area contributed by atoms with Crippen molar-refractivity contribution in [3.05, 3.63) is 34.7 Å². The van der Waals surface area contributed by atoms with E-state index in [1.165, 1.54) is 0 Å². The smallest absolute Gasteiger partial charge is 0.238 e. The Hall–Kier alpha value is -1.80. The average Bonchev–Trinajstić information content (AvgIpc) is 3.32. The summed E-state index contributed by atoms with van der Waals surface area (Å²) >= 11 is 1.63. The van der Waals surface area contributed by atoms with Gasteiger partial charge in [0.15, 0.2) is 0 Å². The molecule has 4 rings (SSSR count). The van der Waals surface area contributed by atoms with Crippen molar-refractivity contribution in [2.45, 2.75) is 37.9 Å². The van der Waals surface area contributed by atoms with Crippen molar-refractivity contribution in [2.24, 2.45) is 0 Å². The molecule has 1 aromatic carbocycles. The zero-order valence-electron chi connectivity index (χ0n) is 16.4. The van der Waals surface area contributed by atoms with Gasteiger partial charge in [-0.25, -0.2) is 4.98 Å². The van der Waals surface area contributed by atoms with E-state index in [4.69, 9.17) is 9.47 Å². The summed E-state index contributed by atoms with van der Waals surface area (Å²) in [7, 11) is 1.76. The van der Waals surface area contributed by atoms with E-state index < -0.39 is 0 Å². The van der Waals surface area contributed by atoms with Crippen LogP contribution in [0.1, 0.15) is 24.3 Å². The Bertz CT molecular complexity index is 832. The molecule has 6 nitrogen and oxygen atoms in total. The first-order valence-electron chi connectivity index (χ1n) is 9.79. The van der Waals surface area contributed by atoms with Crippen LogP contribution in [-0.4, -0.2) is 60.8 Å². The van der Waals surface area contributed by atoms with Crippen LogP contribution in [0.5, 0.6) is 0 Å². The summed E-state index contributed by atoms with van der Waals surface area (Å²) in [4.78, 5) is 19.4. The molecule has 2 fully saturated rings. The molecule has 150 valence electrons. The minimum atomic E-state index is -0.254. The van der Waals surface area contributed by atoms with E-state index in [9.17, 15) is 4.79 Å². The van der Waals surface area contributed by atoms with E-state index >= 15 is 0 Å². The van der Waals surface area contributed by atoms with Crippen molar-refractivity contribution in [3.63, 3.8) is 0 Å². The molecule has 0 radical (unpaired) electrons. The number of anilines is 1. The predicted octanol–water partition coefficient (Wildman–Crippen LogP) is 3.33. The summed E-state index contributed by atoms with van der Waals surface area (Å²) in [5.41, 5.74) is 2.50. The number of amides is 1. The minimum absolute atomic E-state index is 0.00405. The average molecular weight is 402 g/mol. The summed E-state index contributed by atoms with van der Waals surface area (Å²) in [6.45, 7) is 4.73. The number of rotatable bonds is 5. The van der Waals surface area contributed by atoms with Crippen molar-refractivity contribution in [1.29, 1.82) is 0 Å². The first-order chi connectivity index (χ1) is 13.6. The molecule has 2 saturated heterocycles. The van der Waals surface area contributed by atoms with Crippen LogP contribution in [0.3, 0.4) is 0 Å². The lowest BCUT2D eigenvalue weighted by Crippen LogP contribution is -2.58. The molecule has 1 aromatic heterocycles. The number of ether oxygens (including phenoxy) is 2. The van der Waals surface area contributed by atoms with E-state index in [-0.39, 0.29) is 17.6 Å². The molecule has 0 saturated carbocycles. The lowest BCUT2D eigenvalue weighted by Gasteiger charge is -2.44. The Morgan fingerprint density at radius 1 is 1.50 bits per heavy atom. The highest BCUT2D eigenvalue weighted by molar-refractivity contribution is 7.09. The fourth-order valence-electron chi connectivity index (χ4n) is 4.34. The number of methoxy groups -OCH3 is 1. The lowest BCUT2D eigenvalue weighted by atomic mass is 9.87. The summed E-state index contributed by atoms with van der Waals surface area (Å²) < 4.78 is 11.8. The van der Waals surface area contributed by atoms with Crippen LogP contribution >= 0.6 is 11.3 Å². The molecule has 0 unspecified atom stereocenters. The topological polar surface area (TPSA) is 63.7 Å². The number of benzene rings is 1. The summed E-state index contributed by atoms with van der Waals surface area (Å²) in [5.74, 6) is -0.00405. The summed E-state index contributed by atoms with van der Waals surface area (Å²) in [6, 6.07) is 7.86. The third kappa shape index (κ3) is 4.12. The minimum Gasteiger partial charge on any atom is -0.378 e. The highest BCUT2D eigenvalue weighted by Crippen LogP contribution is 2.36.